The average molecular weight is 1300 g/mol. The summed E-state index contributed by atoms with van der Waals surface area (Å²) in [6, 6.07) is 12.8. The summed E-state index contributed by atoms with van der Waals surface area (Å²) in [6.07, 6.45) is 42.9. The van der Waals surface area contributed by atoms with Gasteiger partial charge in [0.25, 0.3) is 22.2 Å². The van der Waals surface area contributed by atoms with Crippen LogP contribution in [-0.2, 0) is 0 Å². The maximum atomic E-state index is 16.1. The lowest BCUT2D eigenvalue weighted by atomic mass is 9.77. The maximum Gasteiger partial charge on any atom is 0.300 e. The third-order valence-electron chi connectivity index (χ3n) is 22.3. The lowest BCUT2D eigenvalue weighted by molar-refractivity contribution is -0.382. The van der Waals surface area contributed by atoms with Gasteiger partial charge in [0.15, 0.2) is 0 Å². The van der Waals surface area contributed by atoms with Crippen LogP contribution in [0, 0.1) is 20.2 Å². The molecule has 0 radical (unpaired) electrons. The second-order valence-electron chi connectivity index (χ2n) is 29.0. The van der Waals surface area contributed by atoms with Crippen molar-refractivity contribution in [1.29, 1.82) is 0 Å². The summed E-state index contributed by atoms with van der Waals surface area (Å²) in [5.74, 6) is 0. The van der Waals surface area contributed by atoms with Gasteiger partial charge in [0, 0.05) is 55.2 Å². The van der Waals surface area contributed by atoms with Crippen LogP contribution in [0.25, 0.3) is 108 Å². The van der Waals surface area contributed by atoms with Gasteiger partial charge >= 0.3 is 11.4 Å². The molecule has 11 aromatic rings. The first-order valence-electron chi connectivity index (χ1n) is 38.1. The Morgan fingerprint density at radius 3 is 0.771 bits per heavy atom. The van der Waals surface area contributed by atoms with Gasteiger partial charge < -0.3 is 11.5 Å². The Bertz CT molecular complexity index is 4380. The Morgan fingerprint density at radius 1 is 0.292 bits per heavy atom. The second kappa shape index (κ2) is 32.3. The van der Waals surface area contributed by atoms with Gasteiger partial charge in [0.05, 0.1) is 20.6 Å². The molecule has 512 valence electrons. The van der Waals surface area contributed by atoms with Crippen molar-refractivity contribution in [3.63, 3.8) is 0 Å². The van der Waals surface area contributed by atoms with Gasteiger partial charge in [0.1, 0.15) is 11.4 Å². The molecule has 0 unspecified atom stereocenters. The predicted octanol–water partition coefficient (Wildman–Crippen LogP) is 23.2. The minimum atomic E-state index is -0.470. The van der Waals surface area contributed by atoms with E-state index in [0.717, 1.165) is 103 Å². The molecule has 0 fully saturated rings. The lowest BCUT2D eigenvalue weighted by Crippen LogP contribution is -2.37. The highest BCUT2D eigenvalue weighted by molar-refractivity contribution is 6.55. The van der Waals surface area contributed by atoms with E-state index in [1.807, 2.05) is 12.1 Å². The molecular formula is C82H106N6O8. The van der Waals surface area contributed by atoms with Crippen molar-refractivity contribution in [2.24, 2.45) is 0 Å². The molecule has 0 aliphatic carbocycles. The van der Waals surface area contributed by atoms with E-state index in [0.29, 0.717) is 101 Å². The summed E-state index contributed by atoms with van der Waals surface area (Å²) in [6.45, 7) is 8.91. The molecule has 96 heavy (non-hydrogen) atoms. The Kier molecular flexibility index (Phi) is 23.5. The minimum absolute atomic E-state index is 0.0743. The molecule has 4 N–H and O–H groups in total. The van der Waals surface area contributed by atoms with Crippen LogP contribution in [0.4, 0.5) is 22.7 Å². The van der Waals surface area contributed by atoms with E-state index in [4.69, 9.17) is 11.5 Å². The normalized spacial score (nSPS) is 12.6. The predicted molar refractivity (Wildman–Crippen MR) is 406 cm³/mol. The van der Waals surface area contributed by atoms with Crippen molar-refractivity contribution in [3.8, 4) is 0 Å². The van der Waals surface area contributed by atoms with Crippen molar-refractivity contribution < 1.29 is 9.85 Å². The highest BCUT2D eigenvalue weighted by Gasteiger charge is 2.35. The molecule has 2 aromatic heterocycles. The number of hydrogen-bond acceptors (Lipinski definition) is 10. The summed E-state index contributed by atoms with van der Waals surface area (Å²) >= 11 is 0. The van der Waals surface area contributed by atoms with Gasteiger partial charge in [0.2, 0.25) is 0 Å². The van der Waals surface area contributed by atoms with Crippen LogP contribution in [0.2, 0.25) is 0 Å². The molecule has 9 aromatic carbocycles. The summed E-state index contributed by atoms with van der Waals surface area (Å²) in [5, 5.41) is 35.7. The first-order chi connectivity index (χ1) is 46.8. The number of anilines is 2. The van der Waals surface area contributed by atoms with Crippen LogP contribution in [0.3, 0.4) is 0 Å². The molecule has 0 saturated heterocycles. The molecule has 0 saturated carbocycles. The van der Waals surface area contributed by atoms with Crippen molar-refractivity contribution in [2.75, 3.05) is 11.5 Å². The monoisotopic (exact) mass is 1300 g/mol. The van der Waals surface area contributed by atoms with Gasteiger partial charge in [-0.25, -0.2) is 0 Å². The molecule has 0 bridgehead atoms. The summed E-state index contributed by atoms with van der Waals surface area (Å²) in [7, 11) is 0. The number of nitro groups is 2. The molecule has 2 heterocycles. The van der Waals surface area contributed by atoms with Crippen molar-refractivity contribution >= 4 is 130 Å². The van der Waals surface area contributed by atoms with Crippen LogP contribution < -0.4 is 33.7 Å². The summed E-state index contributed by atoms with van der Waals surface area (Å²) in [4.78, 5) is 91.1. The zero-order valence-electron chi connectivity index (χ0n) is 58.3. The fraction of sp³-hybridized carbons (Fsp3) is 0.561. The number of hydrogen-bond donors (Lipinski definition) is 2. The number of aromatic nitrogens is 2. The molecule has 14 nitrogen and oxygen atoms in total. The zero-order chi connectivity index (χ0) is 67.6. The van der Waals surface area contributed by atoms with Crippen molar-refractivity contribution in [1.82, 2.24) is 9.13 Å². The average Bonchev–Trinajstić information content (AvgIpc) is 0.653. The largest absolute Gasteiger partial charge is 0.393 e. The van der Waals surface area contributed by atoms with Gasteiger partial charge in [-0.1, -0.05) is 271 Å². The highest BCUT2D eigenvalue weighted by atomic mass is 16.6. The molecule has 0 aliphatic heterocycles. The van der Waals surface area contributed by atoms with Crippen LogP contribution in [0.1, 0.15) is 297 Å². The minimum Gasteiger partial charge on any atom is -0.393 e. The Labute approximate surface area is 564 Å². The topological polar surface area (TPSA) is 216 Å². The van der Waals surface area contributed by atoms with Gasteiger partial charge in [-0.2, -0.15) is 0 Å². The number of nitrogens with zero attached hydrogens (tertiary/aromatic N) is 4. The molecule has 14 heteroatoms. The fourth-order valence-electron chi connectivity index (χ4n) is 17.3. The lowest BCUT2D eigenvalue weighted by Gasteiger charge is -2.27. The van der Waals surface area contributed by atoms with E-state index in [1.165, 1.54) is 150 Å². The Hall–Kier alpha value is -7.48. The Balaban J connectivity index is 1.16. The molecule has 11 rings (SSSR count). The molecule has 0 spiro atoms. The smallest absolute Gasteiger partial charge is 0.300 e. The van der Waals surface area contributed by atoms with Crippen LogP contribution >= 0.6 is 0 Å². The van der Waals surface area contributed by atoms with Crippen molar-refractivity contribution in [3.05, 3.63) is 110 Å². The third kappa shape index (κ3) is 13.8. The number of fused-ring (bicyclic) bond motifs is 6. The summed E-state index contributed by atoms with van der Waals surface area (Å²) < 4.78 is 2.97. The van der Waals surface area contributed by atoms with E-state index >= 15 is 19.2 Å². The van der Waals surface area contributed by atoms with E-state index < -0.39 is 44.2 Å². The number of pyridine rings is 2. The molecule has 0 atom stereocenters. The van der Waals surface area contributed by atoms with E-state index in [-0.39, 0.29) is 55.1 Å². The van der Waals surface area contributed by atoms with Crippen LogP contribution in [-0.4, -0.2) is 19.0 Å². The van der Waals surface area contributed by atoms with Gasteiger partial charge in [-0.15, -0.1) is 0 Å². The maximum absolute atomic E-state index is 16.1. The first-order valence-corrected chi connectivity index (χ1v) is 38.1. The number of nitro benzene ring substituents is 2. The molecule has 0 aliphatic rings. The standard InChI is InChI=1S/C82H106N6O8/c1-5-9-13-17-21-25-29-33-37-41-53(42-38-34-30-26-22-18-14-10-6-2)85-79(89)61-49-57-55-45-47-66(84)78(88(95)96)70(55)60-52-64-68-62(80(90)86(82(64)92)54(43-39-35-31-27-23-19-15-11-7-3)44-40-36-32-28-24-20-16-12-8-4)50-58-56-46-48-65(83)77(87(93)94)69(56)59-51-63(81(85)91)67(61)75-71(57)74(60)76(68)72(58)73(59)75/h45-54H,5-44,83-84H2,1-4H3. The number of nitrogen functional groups attached to an aromatic ring is 2. The number of benzene rings is 9. The van der Waals surface area contributed by atoms with E-state index in [9.17, 15) is 20.2 Å². The number of nitrogens with two attached hydrogens (primary N) is 2. The summed E-state index contributed by atoms with van der Waals surface area (Å²) in [5.41, 5.74) is 10.9. The SMILES string of the molecule is CCCCCCCCCCCC(CCCCCCCCCCC)n1c(=O)c2cc3c4ccc(N)c([N+](=O)[O-])c4c4cc5c(=O)n(C(CCCCCCCCCCC)CCCCCCCCCCC)c(=O)c6cc7c8ccc(N)c([N+](=O)[O-])c8c8cc(c1=O)c2c1c3c4c(c65)c7c81. The fourth-order valence-corrected chi connectivity index (χ4v) is 17.3. The third-order valence-corrected chi connectivity index (χ3v) is 22.3. The first kappa shape index (κ1) is 69.9. The quantitative estimate of drug-likeness (QED) is 0.00919. The van der Waals surface area contributed by atoms with Gasteiger partial charge in [-0.05, 0) is 116 Å². The number of rotatable bonds is 44. The van der Waals surface area contributed by atoms with Gasteiger partial charge in [-0.3, -0.25) is 48.5 Å². The number of unbranched alkanes of at least 4 members (excludes halogenated alkanes) is 32. The molecule has 0 amide bonds. The highest BCUT2D eigenvalue weighted by Crippen LogP contribution is 2.57. The molecular weight excluding hydrogens is 1200 g/mol. The van der Waals surface area contributed by atoms with Crippen LogP contribution in [0.15, 0.2) is 67.7 Å². The Morgan fingerprint density at radius 2 is 0.521 bits per heavy atom. The zero-order valence-corrected chi connectivity index (χ0v) is 58.3. The van der Waals surface area contributed by atoms with Crippen molar-refractivity contribution in [2.45, 2.75) is 297 Å². The van der Waals surface area contributed by atoms with E-state index in [1.54, 1.807) is 24.3 Å². The second-order valence-corrected chi connectivity index (χ2v) is 29.0. The van der Waals surface area contributed by atoms with E-state index in [2.05, 4.69) is 27.7 Å². The van der Waals surface area contributed by atoms with Crippen LogP contribution in [0.5, 0.6) is 0 Å².